The maximum Gasteiger partial charge on any atom is 0.0160 e. The first-order valence-corrected chi connectivity index (χ1v) is 8.00. The quantitative estimate of drug-likeness (QED) is 0.357. The van der Waals surface area contributed by atoms with Gasteiger partial charge in [-0.05, 0) is 43.4 Å². The van der Waals surface area contributed by atoms with Gasteiger partial charge in [0.1, 0.15) is 0 Å². The lowest BCUT2D eigenvalue weighted by Crippen LogP contribution is -1.90. The van der Waals surface area contributed by atoms with Crippen LogP contribution in [0.2, 0.25) is 0 Å². The van der Waals surface area contributed by atoms with E-state index in [1.54, 1.807) is 0 Å². The van der Waals surface area contributed by atoms with Crippen molar-refractivity contribution in [1.82, 2.24) is 0 Å². The van der Waals surface area contributed by atoms with Crippen LogP contribution < -0.4 is 0 Å². The summed E-state index contributed by atoms with van der Waals surface area (Å²) in [6.07, 6.45) is 0. The topological polar surface area (TPSA) is 0 Å². The molecule has 0 radical (unpaired) electrons. The fraction of sp³-hybridized carbons (Fsp3) is 0.111. The van der Waals surface area contributed by atoms with Crippen molar-refractivity contribution in [1.29, 1.82) is 0 Å². The summed E-state index contributed by atoms with van der Waals surface area (Å²) in [7, 11) is 0. The highest BCUT2D eigenvalue weighted by Gasteiger charge is 2.11. The lowest BCUT2D eigenvalue weighted by molar-refractivity contribution is 1.48. The molecule has 0 heterocycles. The van der Waals surface area contributed by atoms with E-state index in [2.05, 4.69) is 73.8 Å². The van der Waals surface area contributed by atoms with Crippen LogP contribution in [0, 0.1) is 0 Å². The summed E-state index contributed by atoms with van der Waals surface area (Å²) in [5.41, 5.74) is 2.60. The van der Waals surface area contributed by atoms with Gasteiger partial charge in [-0.2, -0.15) is 25.3 Å². The molecule has 0 N–H and O–H groups in total. The van der Waals surface area contributed by atoms with Crippen molar-refractivity contribution in [2.24, 2.45) is 0 Å². The molecule has 2 heteroatoms. The van der Waals surface area contributed by atoms with Gasteiger partial charge in [-0.15, -0.1) is 0 Å². The van der Waals surface area contributed by atoms with Crippen LogP contribution in [0.5, 0.6) is 0 Å². The largest absolute Gasteiger partial charge is 0.175 e. The molecular formula is C18H14S2. The van der Waals surface area contributed by atoms with Gasteiger partial charge in [-0.25, -0.2) is 0 Å². The molecule has 0 atom stereocenters. The van der Waals surface area contributed by atoms with Gasteiger partial charge in [0.2, 0.25) is 0 Å². The van der Waals surface area contributed by atoms with Crippen LogP contribution in [0.4, 0.5) is 0 Å². The molecule has 0 unspecified atom stereocenters. The van der Waals surface area contributed by atoms with Crippen molar-refractivity contribution < 1.29 is 0 Å². The smallest absolute Gasteiger partial charge is 0.0160 e. The van der Waals surface area contributed by atoms with Crippen molar-refractivity contribution in [2.45, 2.75) is 11.5 Å². The van der Waals surface area contributed by atoms with Gasteiger partial charge in [0.05, 0.1) is 0 Å². The van der Waals surface area contributed by atoms with E-state index >= 15 is 0 Å². The van der Waals surface area contributed by atoms with Crippen LogP contribution >= 0.6 is 25.3 Å². The number of hydrogen-bond donors (Lipinski definition) is 2. The fourth-order valence-electron chi connectivity index (χ4n) is 3.20. The van der Waals surface area contributed by atoms with Gasteiger partial charge in [0.25, 0.3) is 0 Å². The zero-order chi connectivity index (χ0) is 13.7. The normalized spacial score (nSPS) is 11.9. The second-order valence-corrected chi connectivity index (χ2v) is 5.82. The fourth-order valence-corrected chi connectivity index (χ4v) is 3.75. The molecule has 0 aliphatic rings. The summed E-state index contributed by atoms with van der Waals surface area (Å²) in [4.78, 5) is 0. The molecule has 0 saturated carbocycles. The molecule has 0 aromatic heterocycles. The number of rotatable bonds is 2. The van der Waals surface area contributed by atoms with Crippen molar-refractivity contribution in [3.63, 3.8) is 0 Å². The van der Waals surface area contributed by atoms with E-state index in [1.807, 2.05) is 0 Å². The van der Waals surface area contributed by atoms with E-state index in [0.717, 1.165) is 11.5 Å². The van der Waals surface area contributed by atoms with E-state index in [4.69, 9.17) is 0 Å². The molecule has 0 aliphatic carbocycles. The third-order valence-electron chi connectivity index (χ3n) is 4.19. The van der Waals surface area contributed by atoms with Gasteiger partial charge in [0.15, 0.2) is 0 Å². The summed E-state index contributed by atoms with van der Waals surface area (Å²) < 4.78 is 0. The predicted octanol–water partition coefficient (Wildman–Crippen LogP) is 5.44. The van der Waals surface area contributed by atoms with Crippen LogP contribution in [0.25, 0.3) is 32.3 Å². The Morgan fingerprint density at radius 2 is 0.950 bits per heavy atom. The zero-order valence-corrected chi connectivity index (χ0v) is 12.7. The van der Waals surface area contributed by atoms with Crippen molar-refractivity contribution in [3.05, 3.63) is 59.7 Å². The lowest BCUT2D eigenvalue weighted by Gasteiger charge is -2.14. The first-order chi connectivity index (χ1) is 9.83. The Labute approximate surface area is 128 Å². The third kappa shape index (κ3) is 1.58. The van der Waals surface area contributed by atoms with Crippen LogP contribution in [-0.2, 0) is 11.5 Å². The summed E-state index contributed by atoms with van der Waals surface area (Å²) in [5.74, 6) is 1.54. The van der Waals surface area contributed by atoms with Crippen molar-refractivity contribution in [2.75, 3.05) is 0 Å². The molecule has 0 spiro atoms. The van der Waals surface area contributed by atoms with Gasteiger partial charge >= 0.3 is 0 Å². The van der Waals surface area contributed by atoms with Crippen LogP contribution in [0.3, 0.4) is 0 Å². The van der Waals surface area contributed by atoms with Crippen LogP contribution in [0.15, 0.2) is 48.5 Å². The zero-order valence-electron chi connectivity index (χ0n) is 10.9. The predicted molar refractivity (Wildman–Crippen MR) is 95.5 cm³/mol. The molecule has 0 nitrogen and oxygen atoms in total. The highest BCUT2D eigenvalue weighted by Crippen LogP contribution is 2.37. The summed E-state index contributed by atoms with van der Waals surface area (Å²) in [5, 5.41) is 8.00. The highest BCUT2D eigenvalue weighted by molar-refractivity contribution is 7.79. The summed E-state index contributed by atoms with van der Waals surface area (Å²) in [6.45, 7) is 0. The van der Waals surface area contributed by atoms with E-state index in [-0.39, 0.29) is 0 Å². The van der Waals surface area contributed by atoms with E-state index in [0.29, 0.717) is 0 Å². The Bertz CT molecular complexity index is 847. The van der Waals surface area contributed by atoms with E-state index < -0.39 is 0 Å². The SMILES string of the molecule is SCc1ccc2ccc3c(CS)ccc4ccc1c2c43. The van der Waals surface area contributed by atoms with Crippen molar-refractivity contribution >= 4 is 57.6 Å². The standard InChI is InChI=1S/C18H14S2/c19-9-13-3-1-11-5-7-16-14(10-20)4-2-12-6-8-15(13)17(11)18(12)16/h1-8,19-20H,9-10H2. The Morgan fingerprint density at radius 1 is 0.550 bits per heavy atom. The second-order valence-electron chi connectivity index (χ2n) is 5.19. The molecule has 0 fully saturated rings. The number of hydrogen-bond acceptors (Lipinski definition) is 2. The minimum Gasteiger partial charge on any atom is -0.175 e. The molecule has 98 valence electrons. The molecular weight excluding hydrogens is 280 g/mol. The van der Waals surface area contributed by atoms with Gasteiger partial charge in [-0.1, -0.05) is 48.5 Å². The first kappa shape index (κ1) is 12.4. The number of benzene rings is 4. The lowest BCUT2D eigenvalue weighted by atomic mass is 9.90. The van der Waals surface area contributed by atoms with Gasteiger partial charge in [-0.3, -0.25) is 0 Å². The summed E-state index contributed by atoms with van der Waals surface area (Å²) in [6, 6.07) is 17.7. The minimum atomic E-state index is 0.771. The second kappa shape index (κ2) is 4.57. The molecule has 4 aromatic rings. The molecule has 0 aliphatic heterocycles. The number of thiol groups is 2. The minimum absolute atomic E-state index is 0.771. The van der Waals surface area contributed by atoms with E-state index in [9.17, 15) is 0 Å². The molecule has 4 aromatic carbocycles. The molecule has 0 saturated heterocycles. The van der Waals surface area contributed by atoms with Gasteiger partial charge in [0, 0.05) is 11.5 Å². The van der Waals surface area contributed by atoms with Crippen LogP contribution in [0.1, 0.15) is 11.1 Å². The molecule has 0 amide bonds. The average molecular weight is 294 g/mol. The van der Waals surface area contributed by atoms with Crippen LogP contribution in [-0.4, -0.2) is 0 Å². The molecule has 4 rings (SSSR count). The Hall–Kier alpha value is -1.38. The molecule has 20 heavy (non-hydrogen) atoms. The van der Waals surface area contributed by atoms with Gasteiger partial charge < -0.3 is 0 Å². The maximum absolute atomic E-state index is 4.47. The highest BCUT2D eigenvalue weighted by atomic mass is 32.1. The third-order valence-corrected chi connectivity index (χ3v) is 4.87. The van der Waals surface area contributed by atoms with E-state index in [1.165, 1.54) is 43.4 Å². The first-order valence-electron chi connectivity index (χ1n) is 6.73. The Morgan fingerprint density at radius 3 is 1.35 bits per heavy atom. The molecule has 0 bridgehead atoms. The monoisotopic (exact) mass is 294 g/mol. The van der Waals surface area contributed by atoms with Crippen molar-refractivity contribution in [3.8, 4) is 0 Å². The summed E-state index contributed by atoms with van der Waals surface area (Å²) >= 11 is 8.93. The Balaban J connectivity index is 2.33. The Kier molecular flexibility index (Phi) is 2.83. The maximum atomic E-state index is 4.47. The average Bonchev–Trinajstić information content (AvgIpc) is 2.52.